The number of hydrogen-bond acceptors (Lipinski definition) is 2. The maximum absolute atomic E-state index is 9.78. The summed E-state index contributed by atoms with van der Waals surface area (Å²) in [5.41, 5.74) is 2.57. The molecule has 3 aromatic rings. The number of pyridine rings is 1. The average Bonchev–Trinajstić information content (AvgIpc) is 2.74. The van der Waals surface area contributed by atoms with Crippen molar-refractivity contribution in [2.24, 2.45) is 0 Å². The van der Waals surface area contributed by atoms with E-state index in [0.29, 0.717) is 0 Å². The third-order valence-electron chi connectivity index (χ3n) is 2.58. The van der Waals surface area contributed by atoms with Crippen molar-refractivity contribution in [2.45, 2.75) is 0 Å². The molecule has 16 heavy (non-hydrogen) atoms. The Hall–Kier alpha value is -2.29. The number of phenolic OH excluding ortho intramolecular Hbond substituents is 1. The van der Waals surface area contributed by atoms with E-state index < -0.39 is 0 Å². The van der Waals surface area contributed by atoms with Crippen LogP contribution in [0, 0.1) is 6.07 Å². The molecule has 0 aliphatic carbocycles. The standard InChI is InChI=1S/C13H9N2O/c16-12-6-2-1-4-9(12)11-8-15-13-10(11)5-3-7-14-13/h1,3-8,16H,(H,14,15). The number of fused-ring (bicyclic) bond motifs is 1. The van der Waals surface area contributed by atoms with E-state index in [0.717, 1.165) is 22.2 Å². The average molecular weight is 209 g/mol. The zero-order valence-electron chi connectivity index (χ0n) is 8.44. The Morgan fingerprint density at radius 1 is 1.25 bits per heavy atom. The molecular weight excluding hydrogens is 200 g/mol. The van der Waals surface area contributed by atoms with E-state index in [2.05, 4.69) is 16.0 Å². The molecule has 1 radical (unpaired) electrons. The maximum Gasteiger partial charge on any atom is 0.137 e. The maximum atomic E-state index is 9.78. The highest BCUT2D eigenvalue weighted by Crippen LogP contribution is 2.33. The molecule has 0 unspecified atom stereocenters. The van der Waals surface area contributed by atoms with Crippen LogP contribution in [0.3, 0.4) is 0 Å². The monoisotopic (exact) mass is 209 g/mol. The van der Waals surface area contributed by atoms with Crippen molar-refractivity contribution < 1.29 is 5.11 Å². The van der Waals surface area contributed by atoms with Gasteiger partial charge >= 0.3 is 0 Å². The Labute approximate surface area is 92.4 Å². The molecule has 0 aliphatic heterocycles. The molecule has 0 saturated heterocycles. The molecule has 3 nitrogen and oxygen atoms in total. The van der Waals surface area contributed by atoms with E-state index in [4.69, 9.17) is 0 Å². The molecule has 0 fully saturated rings. The molecule has 2 N–H and O–H groups in total. The Bertz CT molecular complexity index is 643. The normalized spacial score (nSPS) is 10.8. The summed E-state index contributed by atoms with van der Waals surface area (Å²) in [6.07, 6.45) is 3.59. The SMILES string of the molecule is Oc1c[c]ccc1-c1c[nH]c2ncccc12. The van der Waals surface area contributed by atoms with Gasteiger partial charge in [0.1, 0.15) is 11.4 Å². The van der Waals surface area contributed by atoms with E-state index in [1.807, 2.05) is 24.4 Å². The Kier molecular flexibility index (Phi) is 1.90. The highest BCUT2D eigenvalue weighted by Gasteiger charge is 2.09. The molecule has 0 amide bonds. The van der Waals surface area contributed by atoms with Gasteiger partial charge in [0, 0.05) is 28.9 Å². The Morgan fingerprint density at radius 2 is 2.19 bits per heavy atom. The highest BCUT2D eigenvalue weighted by atomic mass is 16.3. The van der Waals surface area contributed by atoms with Gasteiger partial charge in [-0.25, -0.2) is 4.98 Å². The summed E-state index contributed by atoms with van der Waals surface area (Å²) in [5, 5.41) is 10.8. The first-order valence-electron chi connectivity index (χ1n) is 4.98. The number of nitrogens with one attached hydrogen (secondary N) is 1. The zero-order chi connectivity index (χ0) is 11.0. The molecule has 0 bridgehead atoms. The highest BCUT2D eigenvalue weighted by molar-refractivity contribution is 5.94. The number of phenols is 1. The predicted octanol–water partition coefficient (Wildman–Crippen LogP) is 2.74. The van der Waals surface area contributed by atoms with Gasteiger partial charge in [0.25, 0.3) is 0 Å². The smallest absolute Gasteiger partial charge is 0.137 e. The second-order valence-corrected chi connectivity index (χ2v) is 3.55. The number of aromatic amines is 1. The van der Waals surface area contributed by atoms with Crippen LogP contribution in [-0.4, -0.2) is 15.1 Å². The first-order chi connectivity index (χ1) is 7.86. The lowest BCUT2D eigenvalue weighted by Crippen LogP contribution is -1.77. The third-order valence-corrected chi connectivity index (χ3v) is 2.58. The minimum Gasteiger partial charge on any atom is -0.507 e. The summed E-state index contributed by atoms with van der Waals surface area (Å²) in [6, 6.07) is 11.9. The van der Waals surface area contributed by atoms with Gasteiger partial charge in [-0.05, 0) is 30.3 Å². The number of benzene rings is 1. The van der Waals surface area contributed by atoms with Crippen LogP contribution >= 0.6 is 0 Å². The summed E-state index contributed by atoms with van der Waals surface area (Å²) in [6.45, 7) is 0. The Morgan fingerprint density at radius 3 is 3.06 bits per heavy atom. The molecule has 0 atom stereocenters. The lowest BCUT2D eigenvalue weighted by molar-refractivity contribution is 0.477. The van der Waals surface area contributed by atoms with Gasteiger partial charge < -0.3 is 10.1 Å². The fraction of sp³-hybridized carbons (Fsp3) is 0. The second-order valence-electron chi connectivity index (χ2n) is 3.55. The number of hydrogen-bond donors (Lipinski definition) is 2. The van der Waals surface area contributed by atoms with Crippen molar-refractivity contribution >= 4 is 11.0 Å². The molecule has 0 spiro atoms. The first kappa shape index (κ1) is 8.97. The fourth-order valence-electron chi connectivity index (χ4n) is 1.83. The quantitative estimate of drug-likeness (QED) is 0.647. The molecule has 3 heteroatoms. The van der Waals surface area contributed by atoms with E-state index in [9.17, 15) is 5.11 Å². The molecule has 2 heterocycles. The molecular formula is C13H9N2O. The Balaban J connectivity index is 2.31. The largest absolute Gasteiger partial charge is 0.507 e. The summed E-state index contributed by atoms with van der Waals surface area (Å²) in [7, 11) is 0. The predicted molar refractivity (Wildman–Crippen MR) is 62.0 cm³/mol. The molecule has 3 rings (SSSR count). The summed E-state index contributed by atoms with van der Waals surface area (Å²) in [5.74, 6) is 0.229. The summed E-state index contributed by atoms with van der Waals surface area (Å²) >= 11 is 0. The second kappa shape index (κ2) is 3.38. The van der Waals surface area contributed by atoms with Crippen molar-refractivity contribution in [3.05, 3.63) is 48.8 Å². The lowest BCUT2D eigenvalue weighted by atomic mass is 10.1. The van der Waals surface area contributed by atoms with Crippen LogP contribution in [0.2, 0.25) is 0 Å². The minimum absolute atomic E-state index is 0.229. The van der Waals surface area contributed by atoms with Crippen LogP contribution in [0.1, 0.15) is 0 Å². The molecule has 77 valence electrons. The van der Waals surface area contributed by atoms with E-state index in [1.54, 1.807) is 18.3 Å². The molecule has 0 aliphatic rings. The number of nitrogens with zero attached hydrogens (tertiary/aromatic N) is 1. The van der Waals surface area contributed by atoms with Gasteiger partial charge in [-0.2, -0.15) is 0 Å². The minimum atomic E-state index is 0.229. The van der Waals surface area contributed by atoms with Crippen molar-refractivity contribution in [1.82, 2.24) is 9.97 Å². The van der Waals surface area contributed by atoms with Gasteiger partial charge in [-0.1, -0.05) is 6.07 Å². The van der Waals surface area contributed by atoms with E-state index in [1.165, 1.54) is 0 Å². The number of aromatic hydroxyl groups is 1. The van der Waals surface area contributed by atoms with Gasteiger partial charge in [0.05, 0.1) is 0 Å². The van der Waals surface area contributed by atoms with Gasteiger partial charge in [-0.15, -0.1) is 0 Å². The van der Waals surface area contributed by atoms with Crippen molar-refractivity contribution in [3.63, 3.8) is 0 Å². The molecule has 0 saturated carbocycles. The first-order valence-corrected chi connectivity index (χ1v) is 4.98. The van der Waals surface area contributed by atoms with Crippen LogP contribution in [0.15, 0.2) is 42.7 Å². The van der Waals surface area contributed by atoms with Crippen LogP contribution in [-0.2, 0) is 0 Å². The van der Waals surface area contributed by atoms with Crippen LogP contribution in [0.4, 0.5) is 0 Å². The number of H-pyrrole nitrogens is 1. The fourth-order valence-corrected chi connectivity index (χ4v) is 1.83. The summed E-state index contributed by atoms with van der Waals surface area (Å²) in [4.78, 5) is 7.29. The molecule has 1 aromatic carbocycles. The van der Waals surface area contributed by atoms with Crippen molar-refractivity contribution in [3.8, 4) is 16.9 Å². The van der Waals surface area contributed by atoms with Gasteiger partial charge in [0.2, 0.25) is 0 Å². The van der Waals surface area contributed by atoms with Crippen LogP contribution in [0.5, 0.6) is 5.75 Å². The molecule has 2 aromatic heterocycles. The lowest BCUT2D eigenvalue weighted by Gasteiger charge is -2.01. The van der Waals surface area contributed by atoms with E-state index >= 15 is 0 Å². The topological polar surface area (TPSA) is 48.9 Å². The number of aromatic nitrogens is 2. The zero-order valence-corrected chi connectivity index (χ0v) is 8.44. The third kappa shape index (κ3) is 1.26. The van der Waals surface area contributed by atoms with Crippen LogP contribution in [0.25, 0.3) is 22.2 Å². The van der Waals surface area contributed by atoms with Crippen molar-refractivity contribution in [2.75, 3.05) is 0 Å². The van der Waals surface area contributed by atoms with Gasteiger partial charge in [0.15, 0.2) is 0 Å². The number of rotatable bonds is 1. The van der Waals surface area contributed by atoms with Gasteiger partial charge in [-0.3, -0.25) is 0 Å². The van der Waals surface area contributed by atoms with E-state index in [-0.39, 0.29) is 5.75 Å². The van der Waals surface area contributed by atoms with Crippen molar-refractivity contribution in [1.29, 1.82) is 0 Å². The summed E-state index contributed by atoms with van der Waals surface area (Å²) < 4.78 is 0. The van der Waals surface area contributed by atoms with Crippen LogP contribution < -0.4 is 0 Å².